The quantitative estimate of drug-likeness (QED) is 0.749. The van der Waals surface area contributed by atoms with Crippen LogP contribution in [0.15, 0.2) is 0 Å². The van der Waals surface area contributed by atoms with E-state index in [9.17, 15) is 13.5 Å². The van der Waals surface area contributed by atoms with E-state index in [1.165, 1.54) is 0 Å². The molecule has 0 saturated carbocycles. The standard InChI is InChI=1S/C12H25NO3S/c1-3-11(4-2)9-13-10-12(14)5-7-17(15,16)8-6-12/h11,13-14H,3-10H2,1-2H3. The molecule has 1 fully saturated rings. The van der Waals surface area contributed by atoms with Crippen LogP contribution in [0.2, 0.25) is 0 Å². The summed E-state index contributed by atoms with van der Waals surface area (Å²) in [6.07, 6.45) is 3.00. The monoisotopic (exact) mass is 263 g/mol. The van der Waals surface area contributed by atoms with E-state index >= 15 is 0 Å². The van der Waals surface area contributed by atoms with E-state index in [4.69, 9.17) is 0 Å². The van der Waals surface area contributed by atoms with E-state index in [1.54, 1.807) is 0 Å². The largest absolute Gasteiger partial charge is 0.388 e. The van der Waals surface area contributed by atoms with Gasteiger partial charge in [0.25, 0.3) is 0 Å². The molecule has 2 N–H and O–H groups in total. The number of nitrogens with one attached hydrogen (secondary N) is 1. The van der Waals surface area contributed by atoms with Crippen LogP contribution in [0.25, 0.3) is 0 Å². The summed E-state index contributed by atoms with van der Waals surface area (Å²) in [6, 6.07) is 0. The number of hydrogen-bond acceptors (Lipinski definition) is 4. The van der Waals surface area contributed by atoms with Gasteiger partial charge in [-0.15, -0.1) is 0 Å². The molecule has 0 unspecified atom stereocenters. The van der Waals surface area contributed by atoms with Crippen LogP contribution in [0.3, 0.4) is 0 Å². The van der Waals surface area contributed by atoms with Crippen molar-refractivity contribution in [3.63, 3.8) is 0 Å². The fraction of sp³-hybridized carbons (Fsp3) is 1.00. The lowest BCUT2D eigenvalue weighted by Crippen LogP contribution is -2.47. The zero-order chi connectivity index (χ0) is 12.9. The Morgan fingerprint density at radius 3 is 2.24 bits per heavy atom. The summed E-state index contributed by atoms with van der Waals surface area (Å²) in [7, 11) is -2.89. The Morgan fingerprint density at radius 1 is 1.24 bits per heavy atom. The highest BCUT2D eigenvalue weighted by molar-refractivity contribution is 7.91. The van der Waals surface area contributed by atoms with Crippen molar-refractivity contribution in [1.82, 2.24) is 5.32 Å². The second-order valence-electron chi connectivity index (χ2n) is 5.19. The molecule has 1 aliphatic heterocycles. The minimum absolute atomic E-state index is 0.121. The van der Waals surface area contributed by atoms with E-state index in [0.29, 0.717) is 25.3 Å². The Morgan fingerprint density at radius 2 is 1.76 bits per heavy atom. The normalized spacial score (nSPS) is 22.8. The molecule has 17 heavy (non-hydrogen) atoms. The molecule has 0 radical (unpaired) electrons. The number of hydrogen-bond donors (Lipinski definition) is 2. The third-order valence-electron chi connectivity index (χ3n) is 3.80. The lowest BCUT2D eigenvalue weighted by Gasteiger charge is -2.32. The van der Waals surface area contributed by atoms with Crippen LogP contribution in [0.4, 0.5) is 0 Å². The molecule has 1 heterocycles. The predicted molar refractivity (Wildman–Crippen MR) is 69.8 cm³/mol. The van der Waals surface area contributed by atoms with E-state index in [2.05, 4.69) is 19.2 Å². The lowest BCUT2D eigenvalue weighted by molar-refractivity contribution is 0.0298. The second-order valence-corrected chi connectivity index (χ2v) is 7.49. The maximum atomic E-state index is 11.3. The van der Waals surface area contributed by atoms with Gasteiger partial charge in [-0.25, -0.2) is 8.42 Å². The highest BCUT2D eigenvalue weighted by Gasteiger charge is 2.34. The molecule has 0 atom stereocenters. The first kappa shape index (κ1) is 14.9. The van der Waals surface area contributed by atoms with Crippen molar-refractivity contribution in [2.24, 2.45) is 5.92 Å². The molecule has 1 aliphatic rings. The summed E-state index contributed by atoms with van der Waals surface area (Å²) in [5.41, 5.74) is -0.822. The summed E-state index contributed by atoms with van der Waals surface area (Å²) in [6.45, 7) is 5.75. The van der Waals surface area contributed by atoms with Crippen LogP contribution in [-0.2, 0) is 9.84 Å². The topological polar surface area (TPSA) is 66.4 Å². The van der Waals surface area contributed by atoms with Gasteiger partial charge < -0.3 is 10.4 Å². The van der Waals surface area contributed by atoms with Gasteiger partial charge in [0.15, 0.2) is 9.84 Å². The first-order valence-corrected chi connectivity index (χ1v) is 8.36. The Bertz CT molecular complexity index is 309. The summed E-state index contributed by atoms with van der Waals surface area (Å²) in [5.74, 6) is 0.887. The summed E-state index contributed by atoms with van der Waals surface area (Å²) in [4.78, 5) is 0. The Balaban J connectivity index is 2.32. The van der Waals surface area contributed by atoms with Gasteiger partial charge in [0.2, 0.25) is 0 Å². The van der Waals surface area contributed by atoms with Crippen LogP contribution in [0, 0.1) is 5.92 Å². The third-order valence-corrected chi connectivity index (χ3v) is 5.45. The van der Waals surface area contributed by atoms with Gasteiger partial charge in [-0.1, -0.05) is 26.7 Å². The second kappa shape index (κ2) is 6.16. The first-order chi connectivity index (χ1) is 7.91. The minimum atomic E-state index is -2.89. The summed E-state index contributed by atoms with van der Waals surface area (Å²) >= 11 is 0. The molecular weight excluding hydrogens is 238 g/mol. The molecule has 1 rings (SSSR count). The molecule has 102 valence electrons. The van der Waals surface area contributed by atoms with Gasteiger partial charge in [0.1, 0.15) is 0 Å². The smallest absolute Gasteiger partial charge is 0.150 e. The fourth-order valence-electron chi connectivity index (χ4n) is 2.18. The van der Waals surface area contributed by atoms with Crippen molar-refractivity contribution in [2.75, 3.05) is 24.6 Å². The van der Waals surface area contributed by atoms with Crippen molar-refractivity contribution >= 4 is 9.84 Å². The molecule has 4 nitrogen and oxygen atoms in total. The van der Waals surface area contributed by atoms with Gasteiger partial charge in [0.05, 0.1) is 17.1 Å². The van der Waals surface area contributed by atoms with Crippen molar-refractivity contribution in [1.29, 1.82) is 0 Å². The fourth-order valence-corrected chi connectivity index (χ4v) is 3.77. The summed E-state index contributed by atoms with van der Waals surface area (Å²) < 4.78 is 22.6. The van der Waals surface area contributed by atoms with Gasteiger partial charge in [0, 0.05) is 6.54 Å². The number of sulfone groups is 1. The van der Waals surface area contributed by atoms with E-state index in [-0.39, 0.29) is 11.5 Å². The highest BCUT2D eigenvalue weighted by Crippen LogP contribution is 2.23. The van der Waals surface area contributed by atoms with Gasteiger partial charge in [-0.2, -0.15) is 0 Å². The van der Waals surface area contributed by atoms with Crippen LogP contribution < -0.4 is 5.32 Å². The zero-order valence-corrected chi connectivity index (χ0v) is 11.7. The minimum Gasteiger partial charge on any atom is -0.388 e. The predicted octanol–water partition coefficient (Wildman–Crippen LogP) is 0.952. The van der Waals surface area contributed by atoms with Crippen LogP contribution in [0.1, 0.15) is 39.5 Å². The lowest BCUT2D eigenvalue weighted by atomic mass is 9.96. The van der Waals surface area contributed by atoms with Gasteiger partial charge in [-0.05, 0) is 25.3 Å². The van der Waals surface area contributed by atoms with E-state index in [0.717, 1.165) is 19.4 Å². The zero-order valence-electron chi connectivity index (χ0n) is 10.9. The van der Waals surface area contributed by atoms with Crippen LogP contribution in [-0.4, -0.2) is 43.7 Å². The van der Waals surface area contributed by atoms with Crippen molar-refractivity contribution in [3.05, 3.63) is 0 Å². The van der Waals surface area contributed by atoms with Gasteiger partial charge in [-0.3, -0.25) is 0 Å². The molecule has 0 aromatic rings. The van der Waals surface area contributed by atoms with E-state index in [1.807, 2.05) is 0 Å². The Labute approximate surface area is 105 Å². The Hall–Kier alpha value is -0.130. The maximum absolute atomic E-state index is 11.3. The first-order valence-electron chi connectivity index (χ1n) is 6.54. The maximum Gasteiger partial charge on any atom is 0.150 e. The molecule has 0 bridgehead atoms. The molecular formula is C12H25NO3S. The number of aliphatic hydroxyl groups is 1. The van der Waals surface area contributed by atoms with Crippen LogP contribution >= 0.6 is 0 Å². The third kappa shape index (κ3) is 4.94. The number of rotatable bonds is 6. The average Bonchev–Trinajstić information content (AvgIpc) is 2.30. The molecule has 0 amide bonds. The molecule has 0 aromatic carbocycles. The molecule has 1 saturated heterocycles. The van der Waals surface area contributed by atoms with Crippen molar-refractivity contribution in [2.45, 2.75) is 45.1 Å². The SMILES string of the molecule is CCC(CC)CNCC1(O)CCS(=O)(=O)CC1. The van der Waals surface area contributed by atoms with Crippen molar-refractivity contribution in [3.8, 4) is 0 Å². The van der Waals surface area contributed by atoms with Gasteiger partial charge >= 0.3 is 0 Å². The molecule has 0 aliphatic carbocycles. The van der Waals surface area contributed by atoms with Crippen LogP contribution in [0.5, 0.6) is 0 Å². The van der Waals surface area contributed by atoms with Crippen molar-refractivity contribution < 1.29 is 13.5 Å². The van der Waals surface area contributed by atoms with E-state index < -0.39 is 15.4 Å². The molecule has 0 spiro atoms. The molecule has 5 heteroatoms. The average molecular weight is 263 g/mol. The Kier molecular flexibility index (Phi) is 5.41. The molecule has 0 aromatic heterocycles. The summed E-state index contributed by atoms with van der Waals surface area (Å²) in [5, 5.41) is 13.5. The highest BCUT2D eigenvalue weighted by atomic mass is 32.2.